The molecule has 0 saturated carbocycles. The average Bonchev–Trinajstić information content (AvgIpc) is 3.48. The number of carbonyl (C=O) groups is 2. The quantitative estimate of drug-likeness (QED) is 0.187. The highest BCUT2D eigenvalue weighted by molar-refractivity contribution is 7.22. The number of ether oxygens (including phenoxy) is 3. The van der Waals surface area contributed by atoms with Crippen molar-refractivity contribution in [2.75, 3.05) is 24.7 Å². The van der Waals surface area contributed by atoms with Gasteiger partial charge in [0.2, 0.25) is 0 Å². The van der Waals surface area contributed by atoms with Crippen LogP contribution in [0.3, 0.4) is 0 Å². The number of aliphatic hydroxyl groups excluding tert-OH is 1. The fourth-order valence-corrected chi connectivity index (χ4v) is 5.90. The van der Waals surface area contributed by atoms with E-state index < -0.39 is 17.7 Å². The van der Waals surface area contributed by atoms with E-state index in [1.54, 1.807) is 24.3 Å². The molecule has 3 heterocycles. The molecule has 1 amide bonds. The summed E-state index contributed by atoms with van der Waals surface area (Å²) in [7, 11) is 0. The van der Waals surface area contributed by atoms with Gasteiger partial charge in [0.05, 0.1) is 28.4 Å². The third kappa shape index (κ3) is 4.48. The highest BCUT2D eigenvalue weighted by Crippen LogP contribution is 2.45. The van der Waals surface area contributed by atoms with Crippen molar-refractivity contribution < 1.29 is 28.9 Å². The van der Waals surface area contributed by atoms with Crippen LogP contribution in [0.1, 0.15) is 36.1 Å². The molecule has 1 N–H and O–H groups in total. The lowest BCUT2D eigenvalue weighted by atomic mass is 9.95. The molecule has 1 fully saturated rings. The summed E-state index contributed by atoms with van der Waals surface area (Å²) in [6.07, 6.45) is 0.831. The molecule has 1 aromatic heterocycles. The van der Waals surface area contributed by atoms with E-state index >= 15 is 0 Å². The number of hydrogen-bond acceptors (Lipinski definition) is 8. The summed E-state index contributed by atoms with van der Waals surface area (Å²) in [4.78, 5) is 33.2. The number of thiazole rings is 1. The molecule has 4 aromatic rings. The largest absolute Gasteiger partial charge is 0.507 e. The fourth-order valence-electron chi connectivity index (χ4n) is 4.81. The summed E-state index contributed by atoms with van der Waals surface area (Å²) in [6.45, 7) is 5.34. The van der Waals surface area contributed by atoms with Gasteiger partial charge < -0.3 is 19.3 Å². The van der Waals surface area contributed by atoms with Gasteiger partial charge in [-0.15, -0.1) is 0 Å². The number of aromatic nitrogens is 1. The first-order valence-electron chi connectivity index (χ1n) is 12.8. The van der Waals surface area contributed by atoms with Crippen molar-refractivity contribution in [3.8, 4) is 17.2 Å². The second kappa shape index (κ2) is 10.1. The fraction of sp³-hybridized carbons (Fsp3) is 0.233. The maximum absolute atomic E-state index is 13.6. The lowest BCUT2D eigenvalue weighted by Crippen LogP contribution is -2.29. The van der Waals surface area contributed by atoms with Gasteiger partial charge in [-0.1, -0.05) is 36.5 Å². The van der Waals surface area contributed by atoms with Crippen LogP contribution in [0.25, 0.3) is 16.0 Å². The number of nitrogens with zero attached hydrogens (tertiary/aromatic N) is 2. The Labute approximate surface area is 229 Å². The minimum Gasteiger partial charge on any atom is -0.507 e. The van der Waals surface area contributed by atoms with E-state index in [1.807, 2.05) is 50.2 Å². The first kappa shape index (κ1) is 24.9. The van der Waals surface area contributed by atoms with Crippen molar-refractivity contribution in [3.05, 3.63) is 82.9 Å². The van der Waals surface area contributed by atoms with E-state index in [1.165, 1.54) is 16.2 Å². The van der Waals surface area contributed by atoms with E-state index in [2.05, 4.69) is 0 Å². The number of aliphatic hydroxyl groups is 1. The number of anilines is 1. The summed E-state index contributed by atoms with van der Waals surface area (Å²) < 4.78 is 18.0. The Bertz CT molecular complexity index is 1640. The van der Waals surface area contributed by atoms with Gasteiger partial charge in [0, 0.05) is 5.56 Å². The molecule has 1 saturated heterocycles. The molecule has 39 heavy (non-hydrogen) atoms. The van der Waals surface area contributed by atoms with Crippen LogP contribution in [0.15, 0.2) is 66.2 Å². The van der Waals surface area contributed by atoms with Gasteiger partial charge in [-0.05, 0) is 66.9 Å². The van der Waals surface area contributed by atoms with Gasteiger partial charge in [-0.3, -0.25) is 14.5 Å². The van der Waals surface area contributed by atoms with Crippen molar-refractivity contribution in [1.29, 1.82) is 0 Å². The summed E-state index contributed by atoms with van der Waals surface area (Å²) in [5.74, 6) is -0.209. The molecule has 6 rings (SSSR count). The van der Waals surface area contributed by atoms with Crippen LogP contribution in [0, 0.1) is 6.92 Å². The van der Waals surface area contributed by atoms with E-state index in [9.17, 15) is 14.7 Å². The molecule has 1 atom stereocenters. The summed E-state index contributed by atoms with van der Waals surface area (Å²) in [5.41, 5.74) is 2.74. The number of fused-ring (bicyclic) bond motifs is 2. The van der Waals surface area contributed by atoms with Crippen molar-refractivity contribution in [2.24, 2.45) is 0 Å². The first-order chi connectivity index (χ1) is 18.9. The molecule has 0 bridgehead atoms. The SMILES string of the molecule is CCCOc1cccc([C@H]2/C(=C(\O)c3ccc4c(c3)OCCO4)C(=O)C(=O)N2c2nc3ccc(C)cc3s2)c1. The molecule has 0 spiro atoms. The Morgan fingerprint density at radius 2 is 1.90 bits per heavy atom. The standard InChI is InChI=1S/C30H26N2O6S/c1-3-11-36-20-6-4-5-18(15-20)26-25(27(33)19-8-10-22-23(16-19)38-13-12-37-22)28(34)29(35)32(26)30-31-21-9-7-17(2)14-24(21)39-30/h4-10,14-16,26,33H,3,11-13H2,1-2H3/b27-25+/t26-/m0/s1. The van der Waals surface area contributed by atoms with Crippen LogP contribution < -0.4 is 19.1 Å². The Kier molecular flexibility index (Phi) is 6.44. The lowest BCUT2D eigenvalue weighted by Gasteiger charge is -2.23. The lowest BCUT2D eigenvalue weighted by molar-refractivity contribution is -0.132. The molecule has 0 radical (unpaired) electrons. The third-order valence-electron chi connectivity index (χ3n) is 6.65. The molecule has 0 unspecified atom stereocenters. The van der Waals surface area contributed by atoms with Crippen molar-refractivity contribution in [3.63, 3.8) is 0 Å². The number of aryl methyl sites for hydroxylation is 1. The number of ketones is 1. The van der Waals surface area contributed by atoms with Crippen LogP contribution >= 0.6 is 11.3 Å². The Hall–Kier alpha value is -4.37. The van der Waals surface area contributed by atoms with Crippen LogP contribution in [0.4, 0.5) is 5.13 Å². The van der Waals surface area contributed by atoms with Crippen LogP contribution in [0.2, 0.25) is 0 Å². The van der Waals surface area contributed by atoms with Gasteiger partial charge >= 0.3 is 5.91 Å². The number of Topliss-reactive ketones (excluding diaryl/α,β-unsaturated/α-hetero) is 1. The highest BCUT2D eigenvalue weighted by atomic mass is 32.1. The van der Waals surface area contributed by atoms with Crippen molar-refractivity contribution in [1.82, 2.24) is 4.98 Å². The molecule has 0 aliphatic carbocycles. The van der Waals surface area contributed by atoms with Gasteiger partial charge in [-0.25, -0.2) is 4.98 Å². The van der Waals surface area contributed by atoms with E-state index in [0.29, 0.717) is 53.3 Å². The van der Waals surface area contributed by atoms with Gasteiger partial charge in [0.25, 0.3) is 5.78 Å². The Morgan fingerprint density at radius 1 is 1.08 bits per heavy atom. The monoisotopic (exact) mass is 542 g/mol. The minimum atomic E-state index is -0.912. The Morgan fingerprint density at radius 3 is 2.72 bits per heavy atom. The molecular formula is C30H26N2O6S. The molecule has 8 nitrogen and oxygen atoms in total. The zero-order chi connectivity index (χ0) is 27.1. The highest BCUT2D eigenvalue weighted by Gasteiger charge is 2.48. The summed E-state index contributed by atoms with van der Waals surface area (Å²) >= 11 is 1.33. The molecule has 2 aliphatic heterocycles. The van der Waals surface area contributed by atoms with E-state index in [0.717, 1.165) is 22.2 Å². The normalized spacial score (nSPS) is 18.1. The zero-order valence-electron chi connectivity index (χ0n) is 21.5. The van der Waals surface area contributed by atoms with Crippen LogP contribution in [0.5, 0.6) is 17.2 Å². The summed E-state index contributed by atoms with van der Waals surface area (Å²) in [6, 6.07) is 17.1. The first-order valence-corrected chi connectivity index (χ1v) is 13.6. The van der Waals surface area contributed by atoms with Crippen LogP contribution in [-0.2, 0) is 9.59 Å². The predicted molar refractivity (Wildman–Crippen MR) is 149 cm³/mol. The second-order valence-electron chi connectivity index (χ2n) is 9.42. The number of amides is 1. The average molecular weight is 543 g/mol. The number of rotatable bonds is 6. The van der Waals surface area contributed by atoms with Crippen LogP contribution in [-0.4, -0.2) is 41.6 Å². The topological polar surface area (TPSA) is 98.2 Å². The van der Waals surface area contributed by atoms with E-state index in [-0.39, 0.29) is 11.3 Å². The predicted octanol–water partition coefficient (Wildman–Crippen LogP) is 5.79. The number of carbonyl (C=O) groups excluding carboxylic acids is 2. The molecule has 3 aromatic carbocycles. The number of hydrogen-bond donors (Lipinski definition) is 1. The van der Waals surface area contributed by atoms with Crippen molar-refractivity contribution in [2.45, 2.75) is 26.3 Å². The van der Waals surface area contributed by atoms with Crippen molar-refractivity contribution >= 4 is 44.1 Å². The zero-order valence-corrected chi connectivity index (χ0v) is 22.3. The maximum atomic E-state index is 13.6. The smallest absolute Gasteiger partial charge is 0.301 e. The molecule has 198 valence electrons. The maximum Gasteiger partial charge on any atom is 0.301 e. The van der Waals surface area contributed by atoms with Gasteiger partial charge in [-0.2, -0.15) is 0 Å². The minimum absolute atomic E-state index is 0.0280. The molecule has 9 heteroatoms. The number of benzene rings is 3. The van der Waals surface area contributed by atoms with E-state index in [4.69, 9.17) is 19.2 Å². The molecular weight excluding hydrogens is 516 g/mol. The second-order valence-corrected chi connectivity index (χ2v) is 10.4. The van der Waals surface area contributed by atoms with Gasteiger partial charge in [0.15, 0.2) is 16.6 Å². The van der Waals surface area contributed by atoms with Gasteiger partial charge in [0.1, 0.15) is 24.7 Å². The molecule has 2 aliphatic rings. The summed E-state index contributed by atoms with van der Waals surface area (Å²) in [5, 5.41) is 11.9. The third-order valence-corrected chi connectivity index (χ3v) is 7.66. The Balaban J connectivity index is 1.52.